The van der Waals surface area contributed by atoms with Crippen molar-refractivity contribution in [3.8, 4) is 38.7 Å². The lowest BCUT2D eigenvalue weighted by Gasteiger charge is -2.13. The van der Waals surface area contributed by atoms with Gasteiger partial charge in [-0.3, -0.25) is 0 Å². The van der Waals surface area contributed by atoms with Crippen molar-refractivity contribution in [3.05, 3.63) is 188 Å². The van der Waals surface area contributed by atoms with Gasteiger partial charge in [0.2, 0.25) is 0 Å². The SMILES string of the molecule is c1ccc(-c2cc3ccccc3cc2-c2ccc3c(c2)c2cc(-c4cc5ccccc5c5ccccc45)ccc2p3-c2ccccc2)cc1. The smallest absolute Gasteiger partial charge is 0.00687 e. The molecule has 0 fully saturated rings. The molecule has 49 heavy (non-hydrogen) atoms. The first-order valence-corrected chi connectivity index (χ1v) is 18.3. The van der Waals surface area contributed by atoms with E-state index in [4.69, 9.17) is 0 Å². The van der Waals surface area contributed by atoms with Crippen molar-refractivity contribution in [1.82, 2.24) is 0 Å². The molecule has 0 saturated carbocycles. The Balaban J connectivity index is 1.26. The molecule has 0 bridgehead atoms. The molecule has 1 heterocycles. The summed E-state index contributed by atoms with van der Waals surface area (Å²) in [7, 11) is -0.677. The lowest BCUT2D eigenvalue weighted by atomic mass is 9.90. The van der Waals surface area contributed by atoms with Crippen molar-refractivity contribution >= 4 is 60.9 Å². The monoisotopic (exact) mass is 638 g/mol. The molecule has 0 N–H and O–H groups in total. The lowest BCUT2D eigenvalue weighted by Crippen LogP contribution is -1.87. The Labute approximate surface area is 286 Å². The van der Waals surface area contributed by atoms with Gasteiger partial charge in [-0.2, -0.15) is 0 Å². The molecule has 0 spiro atoms. The van der Waals surface area contributed by atoms with Gasteiger partial charge >= 0.3 is 0 Å². The first kappa shape index (κ1) is 28.1. The fourth-order valence-electron chi connectivity index (χ4n) is 7.84. The van der Waals surface area contributed by atoms with Gasteiger partial charge in [0.25, 0.3) is 0 Å². The molecule has 10 aromatic rings. The standard InChI is InChI=1S/C48H31P/c1-3-13-32(14-4-1)42-27-33-15-7-8-16-34(33)28-44(42)37-24-26-48-46(31-37)45-30-36(23-25-47(45)49(48)38-18-5-2-6-19-38)43-29-35-17-9-10-20-39(35)40-21-11-12-22-41(40)43/h1-31H. The molecule has 0 aliphatic carbocycles. The quantitative estimate of drug-likeness (QED) is 0.168. The van der Waals surface area contributed by atoms with Crippen molar-refractivity contribution in [1.29, 1.82) is 0 Å². The van der Waals surface area contributed by atoms with Crippen LogP contribution in [-0.2, 0) is 0 Å². The summed E-state index contributed by atoms with van der Waals surface area (Å²) < 4.78 is 0. The predicted octanol–water partition coefficient (Wildman–Crippen LogP) is 14.4. The maximum atomic E-state index is 2.47. The normalized spacial score (nSPS) is 12.0. The highest BCUT2D eigenvalue weighted by molar-refractivity contribution is 7.67. The number of hydrogen-bond acceptors (Lipinski definition) is 0. The Hall–Kier alpha value is -5.94. The second-order valence-electron chi connectivity index (χ2n) is 12.9. The predicted molar refractivity (Wildman–Crippen MR) is 214 cm³/mol. The van der Waals surface area contributed by atoms with Gasteiger partial charge in [0.05, 0.1) is 0 Å². The van der Waals surface area contributed by atoms with Crippen LogP contribution in [0.1, 0.15) is 0 Å². The zero-order valence-corrected chi connectivity index (χ0v) is 27.7. The van der Waals surface area contributed by atoms with Crippen molar-refractivity contribution in [3.63, 3.8) is 0 Å². The van der Waals surface area contributed by atoms with Crippen molar-refractivity contribution in [2.45, 2.75) is 0 Å². The first-order chi connectivity index (χ1) is 24.3. The molecular weight excluding hydrogens is 608 g/mol. The molecule has 9 aromatic carbocycles. The van der Waals surface area contributed by atoms with Gasteiger partial charge < -0.3 is 0 Å². The molecule has 0 aliphatic rings. The molecule has 0 aliphatic heterocycles. The fourth-order valence-corrected chi connectivity index (χ4v) is 10.4. The topological polar surface area (TPSA) is 0 Å². The van der Waals surface area contributed by atoms with Gasteiger partial charge in [0, 0.05) is 10.2 Å². The van der Waals surface area contributed by atoms with Gasteiger partial charge in [-0.05, 0) is 124 Å². The van der Waals surface area contributed by atoms with Crippen LogP contribution in [-0.4, -0.2) is 0 Å². The average molecular weight is 639 g/mol. The third kappa shape index (κ3) is 4.61. The van der Waals surface area contributed by atoms with E-state index in [0.29, 0.717) is 0 Å². The number of hydrogen-bond donors (Lipinski definition) is 0. The first-order valence-electron chi connectivity index (χ1n) is 16.9. The molecule has 228 valence electrons. The van der Waals surface area contributed by atoms with Crippen LogP contribution in [0.4, 0.5) is 0 Å². The van der Waals surface area contributed by atoms with Crippen molar-refractivity contribution in [2.75, 3.05) is 0 Å². The second-order valence-corrected chi connectivity index (χ2v) is 15.1. The van der Waals surface area contributed by atoms with E-state index in [0.717, 1.165) is 0 Å². The van der Waals surface area contributed by atoms with Crippen LogP contribution in [0, 0.1) is 0 Å². The van der Waals surface area contributed by atoms with Crippen LogP contribution in [0.3, 0.4) is 0 Å². The highest BCUT2D eigenvalue weighted by atomic mass is 31.1. The van der Waals surface area contributed by atoms with Crippen molar-refractivity contribution < 1.29 is 0 Å². The molecule has 1 aromatic heterocycles. The Morgan fingerprint density at radius 1 is 0.265 bits per heavy atom. The average Bonchev–Trinajstić information content (AvgIpc) is 3.50. The number of fused-ring (bicyclic) bond motifs is 7. The Morgan fingerprint density at radius 3 is 1.39 bits per heavy atom. The summed E-state index contributed by atoms with van der Waals surface area (Å²) in [4.78, 5) is 0. The number of rotatable bonds is 4. The van der Waals surface area contributed by atoms with Crippen LogP contribution in [0.25, 0.3) is 92.0 Å². The summed E-state index contributed by atoms with van der Waals surface area (Å²) in [6.07, 6.45) is 0. The third-order valence-corrected chi connectivity index (χ3v) is 12.7. The Kier molecular flexibility index (Phi) is 6.51. The lowest BCUT2D eigenvalue weighted by molar-refractivity contribution is 1.62. The largest absolute Gasteiger partial charge is 0.0772 e. The minimum Gasteiger partial charge on any atom is -0.0772 e. The maximum Gasteiger partial charge on any atom is 0.00687 e. The zero-order chi connectivity index (χ0) is 32.3. The highest BCUT2D eigenvalue weighted by Gasteiger charge is 2.18. The van der Waals surface area contributed by atoms with Crippen LogP contribution < -0.4 is 0 Å². The van der Waals surface area contributed by atoms with Gasteiger partial charge in [0.1, 0.15) is 0 Å². The van der Waals surface area contributed by atoms with Gasteiger partial charge in [-0.15, -0.1) is 0 Å². The minimum absolute atomic E-state index is 0.677. The van der Waals surface area contributed by atoms with Crippen LogP contribution in [0.15, 0.2) is 188 Å². The highest BCUT2D eigenvalue weighted by Crippen LogP contribution is 2.56. The molecule has 0 amide bonds. The van der Waals surface area contributed by atoms with E-state index >= 15 is 0 Å². The Morgan fingerprint density at radius 2 is 0.735 bits per heavy atom. The summed E-state index contributed by atoms with van der Waals surface area (Å²) in [5.41, 5.74) is 7.56. The molecule has 0 saturated heterocycles. The third-order valence-electron chi connectivity index (χ3n) is 10.1. The van der Waals surface area contributed by atoms with Gasteiger partial charge in [-0.25, -0.2) is 0 Å². The zero-order valence-electron chi connectivity index (χ0n) is 26.8. The molecule has 0 radical (unpaired) electrons. The second kappa shape index (κ2) is 11.3. The molecule has 10 rings (SSSR count). The van der Waals surface area contributed by atoms with Gasteiger partial charge in [-0.1, -0.05) is 153 Å². The molecule has 1 atom stereocenters. The molecule has 0 nitrogen and oxygen atoms in total. The van der Waals surface area contributed by atoms with Crippen LogP contribution in [0.2, 0.25) is 0 Å². The van der Waals surface area contributed by atoms with Crippen LogP contribution >= 0.6 is 7.53 Å². The summed E-state index contributed by atoms with van der Waals surface area (Å²) in [5.74, 6) is 0. The summed E-state index contributed by atoms with van der Waals surface area (Å²) >= 11 is 0. The Bertz CT molecular complexity index is 2860. The summed E-state index contributed by atoms with van der Waals surface area (Å²) in [6, 6.07) is 69.9. The van der Waals surface area contributed by atoms with E-state index in [2.05, 4.69) is 188 Å². The van der Waals surface area contributed by atoms with E-state index in [-0.39, 0.29) is 0 Å². The molecule has 1 unspecified atom stereocenters. The molecular formula is C48H31P. The van der Waals surface area contributed by atoms with E-state index in [1.807, 2.05) is 0 Å². The summed E-state index contributed by atoms with van der Waals surface area (Å²) in [5, 5.41) is 14.6. The van der Waals surface area contributed by atoms with E-state index < -0.39 is 7.53 Å². The van der Waals surface area contributed by atoms with E-state index in [1.54, 1.807) is 0 Å². The molecule has 1 heteroatoms. The maximum absolute atomic E-state index is 2.47. The van der Waals surface area contributed by atoms with E-state index in [1.165, 1.54) is 92.0 Å². The minimum atomic E-state index is -0.677. The van der Waals surface area contributed by atoms with Crippen LogP contribution in [0.5, 0.6) is 0 Å². The van der Waals surface area contributed by atoms with Gasteiger partial charge in [0.15, 0.2) is 0 Å². The van der Waals surface area contributed by atoms with E-state index in [9.17, 15) is 0 Å². The summed E-state index contributed by atoms with van der Waals surface area (Å²) in [6.45, 7) is 0. The number of benzene rings is 9. The fraction of sp³-hybridized carbons (Fsp3) is 0. The van der Waals surface area contributed by atoms with Crippen molar-refractivity contribution in [2.24, 2.45) is 0 Å².